The molecule has 0 radical (unpaired) electrons. The van der Waals surface area contributed by atoms with Gasteiger partial charge in [0.05, 0.1) is 12.5 Å². The summed E-state index contributed by atoms with van der Waals surface area (Å²) in [5.74, 6) is -1.42. The van der Waals surface area contributed by atoms with E-state index in [4.69, 9.17) is 9.47 Å². The average molecular weight is 677 g/mol. The van der Waals surface area contributed by atoms with Gasteiger partial charge in [0, 0.05) is 69.4 Å². The zero-order chi connectivity index (χ0) is 34.3. The Morgan fingerprint density at radius 3 is 2.38 bits per heavy atom. The Morgan fingerprint density at radius 2 is 1.72 bits per heavy atom. The van der Waals surface area contributed by atoms with Crippen LogP contribution in [0.3, 0.4) is 0 Å². The van der Waals surface area contributed by atoms with E-state index in [1.165, 1.54) is 16.4 Å². The third-order valence-electron chi connectivity index (χ3n) is 9.18. The lowest BCUT2D eigenvalue weighted by Gasteiger charge is -2.35. The number of esters is 1. The van der Waals surface area contributed by atoms with Crippen LogP contribution in [-0.4, -0.2) is 117 Å². The zero-order valence-electron chi connectivity index (χ0n) is 27.9. The highest BCUT2D eigenvalue weighted by Crippen LogP contribution is 2.28. The lowest BCUT2D eigenvalue weighted by atomic mass is 9.91. The maximum Gasteiger partial charge on any atom is 0.410 e. The number of nitrogens with zero attached hydrogens (tertiary/aromatic N) is 4. The molecule has 47 heavy (non-hydrogen) atoms. The highest BCUT2D eigenvalue weighted by Gasteiger charge is 2.30. The second kappa shape index (κ2) is 16.2. The largest absolute Gasteiger partial charge is 0.457 e. The monoisotopic (exact) mass is 676 g/mol. The van der Waals surface area contributed by atoms with Crippen LogP contribution >= 0.6 is 0 Å². The fourth-order valence-electron chi connectivity index (χ4n) is 6.14. The van der Waals surface area contributed by atoms with Crippen LogP contribution in [0.15, 0.2) is 47.9 Å². The van der Waals surface area contributed by atoms with Crippen LogP contribution in [0.1, 0.15) is 45.6 Å². The predicted octanol–water partition coefficient (Wildman–Crippen LogP) is 3.86. The molecule has 3 aliphatic heterocycles. The van der Waals surface area contributed by atoms with Crippen molar-refractivity contribution in [1.82, 2.24) is 14.1 Å². The van der Waals surface area contributed by atoms with Gasteiger partial charge in [0.2, 0.25) is 10.0 Å². The molecule has 2 fully saturated rings. The number of piperazine rings is 2. The molecule has 3 heterocycles. The molecule has 1 aromatic rings. The molecule has 1 aromatic carbocycles. The normalized spacial score (nSPS) is 28.5. The minimum absolute atomic E-state index is 0.0977. The van der Waals surface area contributed by atoms with Crippen molar-refractivity contribution in [2.45, 2.75) is 58.3 Å². The molecule has 5 atom stereocenters. The summed E-state index contributed by atoms with van der Waals surface area (Å²) in [5.41, 5.74) is 1.84. The predicted molar refractivity (Wildman–Crippen MR) is 179 cm³/mol. The number of carbonyl (C=O) groups excluding carboxylic acids is 2. The molecule has 0 saturated carbocycles. The molecule has 3 aliphatic rings. The number of amides is 1. The van der Waals surface area contributed by atoms with Crippen molar-refractivity contribution >= 4 is 33.8 Å². The lowest BCUT2D eigenvalue weighted by molar-refractivity contribution is -0.151. The summed E-state index contributed by atoms with van der Waals surface area (Å²) in [6, 6.07) is 4.63. The van der Waals surface area contributed by atoms with Crippen LogP contribution in [-0.2, 0) is 24.3 Å². The van der Waals surface area contributed by atoms with Crippen LogP contribution in [0.2, 0.25) is 0 Å². The van der Waals surface area contributed by atoms with Crippen molar-refractivity contribution in [2.24, 2.45) is 11.8 Å². The van der Waals surface area contributed by atoms with Crippen molar-refractivity contribution in [2.75, 3.05) is 64.3 Å². The first-order chi connectivity index (χ1) is 22.2. The van der Waals surface area contributed by atoms with Gasteiger partial charge in [0.25, 0.3) is 0 Å². The van der Waals surface area contributed by atoms with E-state index in [0.29, 0.717) is 55.8 Å². The van der Waals surface area contributed by atoms with E-state index in [2.05, 4.69) is 11.5 Å². The molecule has 2 saturated heterocycles. The third-order valence-corrected chi connectivity index (χ3v) is 10.7. The lowest BCUT2D eigenvalue weighted by Crippen LogP contribution is -2.48. The standard InChI is InChI=1S/C34H49FN4O7S/c1-6-47(43,44)39-17-15-37(16-18-39)29-21-27(20-28(35)22-29)19-26(4)33-25(3)8-10-31(24(2)7-9-30(40)23-32(41)46-33)45-34(42)38-13-11-36(5)12-14-38/h6,8,10,19-22,24-25,30-31,33,40H,1,7,9,11-18,23H2,2-5H3/b10-8+,26-19+/t24-,25-,30+,31+,33-/m0/s1. The number of aliphatic hydroxyl groups excluding tert-OH is 1. The van der Waals surface area contributed by atoms with Crippen molar-refractivity contribution in [1.29, 1.82) is 0 Å². The summed E-state index contributed by atoms with van der Waals surface area (Å²) < 4.78 is 52.4. The van der Waals surface area contributed by atoms with Crippen LogP contribution in [0.4, 0.5) is 14.9 Å². The first kappa shape index (κ1) is 36.6. The Morgan fingerprint density at radius 1 is 1.04 bits per heavy atom. The summed E-state index contributed by atoms with van der Waals surface area (Å²) in [5, 5.41) is 11.6. The van der Waals surface area contributed by atoms with Crippen molar-refractivity contribution < 1.29 is 37.0 Å². The number of ether oxygens (including phenoxy) is 2. The van der Waals surface area contributed by atoms with Crippen molar-refractivity contribution in [3.05, 3.63) is 59.3 Å². The number of cyclic esters (lactones) is 1. The SMILES string of the molecule is C=CS(=O)(=O)N1CCN(c2cc(F)cc(/C=C(\C)[C@H]3OC(=O)C[C@H](O)CC[C@H](C)[C@H](OC(=O)N4CCN(C)CC4)/C=C/[C@@H]3C)c2)CC1. The van der Waals surface area contributed by atoms with Crippen LogP contribution in [0.25, 0.3) is 6.08 Å². The maximum absolute atomic E-state index is 14.9. The van der Waals surface area contributed by atoms with Crippen LogP contribution in [0.5, 0.6) is 0 Å². The summed E-state index contributed by atoms with van der Waals surface area (Å²) >= 11 is 0. The molecule has 11 nitrogen and oxygen atoms in total. The Bertz CT molecular complexity index is 1440. The second-order valence-corrected chi connectivity index (χ2v) is 14.8. The fourth-order valence-corrected chi connectivity index (χ4v) is 7.03. The van der Waals surface area contributed by atoms with E-state index in [0.717, 1.165) is 18.5 Å². The van der Waals surface area contributed by atoms with Gasteiger partial charge in [-0.2, -0.15) is 4.31 Å². The quantitative estimate of drug-likeness (QED) is 0.354. The van der Waals surface area contributed by atoms with Gasteiger partial charge in [-0.15, -0.1) is 0 Å². The topological polar surface area (TPSA) is 120 Å². The number of hydrogen-bond donors (Lipinski definition) is 1. The third kappa shape index (κ3) is 10.1. The number of sulfonamides is 1. The maximum atomic E-state index is 14.9. The number of anilines is 1. The number of benzene rings is 1. The fraction of sp³-hybridized carbons (Fsp3) is 0.588. The Kier molecular flexibility index (Phi) is 12.6. The Balaban J connectivity index is 1.54. The van der Waals surface area contributed by atoms with Gasteiger partial charge in [-0.3, -0.25) is 4.79 Å². The summed E-state index contributed by atoms with van der Waals surface area (Å²) in [6.45, 7) is 13.1. The molecule has 0 aliphatic carbocycles. The zero-order valence-corrected chi connectivity index (χ0v) is 28.7. The number of carbonyl (C=O) groups is 2. The van der Waals surface area contributed by atoms with Gasteiger partial charge >= 0.3 is 12.1 Å². The van der Waals surface area contributed by atoms with Crippen molar-refractivity contribution in [3.63, 3.8) is 0 Å². The van der Waals surface area contributed by atoms with Crippen LogP contribution in [0, 0.1) is 17.7 Å². The number of halogens is 1. The van der Waals surface area contributed by atoms with E-state index in [1.807, 2.05) is 50.9 Å². The molecule has 0 unspecified atom stereocenters. The number of rotatable bonds is 6. The van der Waals surface area contributed by atoms with Gasteiger partial charge in [-0.25, -0.2) is 17.6 Å². The number of aliphatic hydroxyl groups is 1. The van der Waals surface area contributed by atoms with Gasteiger partial charge < -0.3 is 29.3 Å². The molecular weight excluding hydrogens is 627 g/mol. The highest BCUT2D eigenvalue weighted by molar-refractivity contribution is 7.92. The molecule has 4 rings (SSSR count). The minimum Gasteiger partial charge on any atom is -0.457 e. The Hall–Kier alpha value is -3.26. The van der Waals surface area contributed by atoms with E-state index in [9.17, 15) is 27.5 Å². The van der Waals surface area contributed by atoms with Gasteiger partial charge in [-0.1, -0.05) is 32.6 Å². The molecule has 0 aromatic heterocycles. The van der Waals surface area contributed by atoms with Gasteiger partial charge in [0.15, 0.2) is 0 Å². The van der Waals surface area contributed by atoms with Crippen LogP contribution < -0.4 is 4.90 Å². The average Bonchev–Trinajstić information content (AvgIpc) is 3.03. The molecule has 0 spiro atoms. The van der Waals surface area contributed by atoms with Crippen molar-refractivity contribution in [3.8, 4) is 0 Å². The number of hydrogen-bond acceptors (Lipinski definition) is 9. The molecule has 13 heteroatoms. The highest BCUT2D eigenvalue weighted by atomic mass is 32.2. The first-order valence-electron chi connectivity index (χ1n) is 16.3. The minimum atomic E-state index is -3.52. The first-order valence-corrected chi connectivity index (χ1v) is 17.8. The summed E-state index contributed by atoms with van der Waals surface area (Å²) in [7, 11) is -1.51. The Labute approximate surface area is 278 Å². The second-order valence-electron chi connectivity index (χ2n) is 12.9. The number of likely N-dealkylation sites (N-methyl/N-ethyl adjacent to an activating group) is 1. The molecular formula is C34H49FN4O7S. The smallest absolute Gasteiger partial charge is 0.410 e. The molecule has 0 bridgehead atoms. The molecule has 1 amide bonds. The summed E-state index contributed by atoms with van der Waals surface area (Å²) in [6.07, 6.45) is 3.69. The molecule has 1 N–H and O–H groups in total. The van der Waals surface area contributed by atoms with E-state index in [-0.39, 0.29) is 37.4 Å². The van der Waals surface area contributed by atoms with Gasteiger partial charge in [0.1, 0.15) is 18.0 Å². The van der Waals surface area contributed by atoms with Gasteiger partial charge in [-0.05, 0) is 68.1 Å². The van der Waals surface area contributed by atoms with E-state index < -0.39 is 40.1 Å². The van der Waals surface area contributed by atoms with E-state index >= 15 is 0 Å². The summed E-state index contributed by atoms with van der Waals surface area (Å²) in [4.78, 5) is 31.8. The molecule has 260 valence electrons. The van der Waals surface area contributed by atoms with E-state index in [1.54, 1.807) is 11.0 Å².